The topological polar surface area (TPSA) is 93.5 Å². The molecule has 1 amide bonds. The molecule has 23 heavy (non-hydrogen) atoms. The maximum Gasteiger partial charge on any atom is 0.285 e. The highest BCUT2D eigenvalue weighted by Gasteiger charge is 2.24. The van der Waals surface area contributed by atoms with Crippen molar-refractivity contribution in [3.05, 3.63) is 27.8 Å². The molecule has 8 heteroatoms. The Morgan fingerprint density at radius 3 is 2.91 bits per heavy atom. The first-order valence-corrected chi connectivity index (χ1v) is 8.68. The Morgan fingerprint density at radius 1 is 1.57 bits per heavy atom. The Balaban J connectivity index is 2.12. The lowest BCUT2D eigenvalue weighted by Gasteiger charge is -2.12. The monoisotopic (exact) mass is 339 g/mol. The lowest BCUT2D eigenvalue weighted by Crippen LogP contribution is -2.27. The predicted octanol–water partition coefficient (Wildman–Crippen LogP) is 2.05. The highest BCUT2D eigenvalue weighted by atomic mass is 32.2. The van der Waals surface area contributed by atoms with Gasteiger partial charge in [0.2, 0.25) is 0 Å². The van der Waals surface area contributed by atoms with Crippen molar-refractivity contribution in [3.8, 4) is 5.75 Å². The molecule has 1 fully saturated rings. The highest BCUT2D eigenvalue weighted by Crippen LogP contribution is 2.34. The Morgan fingerprint density at radius 2 is 2.35 bits per heavy atom. The molecular weight excluding hydrogens is 318 g/mol. The molecule has 1 heterocycles. The average Bonchev–Trinajstić information content (AvgIpc) is 3.06. The molecule has 1 aliphatic heterocycles. The number of nitrogens with zero attached hydrogens (tertiary/aromatic N) is 1. The molecule has 7 nitrogen and oxygen atoms in total. The first-order valence-electron chi connectivity index (χ1n) is 7.46. The van der Waals surface area contributed by atoms with Crippen LogP contribution in [0.3, 0.4) is 0 Å². The van der Waals surface area contributed by atoms with Gasteiger partial charge in [-0.05, 0) is 44.2 Å². The van der Waals surface area contributed by atoms with Crippen molar-refractivity contribution in [1.29, 1.82) is 0 Å². The number of carbonyl (C=O) groups excluding carboxylic acids is 1. The molecule has 2 N–H and O–H groups in total. The SMILES string of the molecule is COc1cc([N+](=O)[O-])c(C(=O)NCCC2CCNC2)cc1SC. The van der Waals surface area contributed by atoms with Crippen molar-refractivity contribution in [2.45, 2.75) is 17.7 Å². The molecule has 1 atom stereocenters. The zero-order valence-electron chi connectivity index (χ0n) is 13.3. The van der Waals surface area contributed by atoms with Gasteiger partial charge in [-0.15, -0.1) is 11.8 Å². The number of amides is 1. The fourth-order valence-electron chi connectivity index (χ4n) is 2.65. The van der Waals surface area contributed by atoms with Crippen LogP contribution in [-0.4, -0.2) is 43.8 Å². The van der Waals surface area contributed by atoms with Crippen LogP contribution in [0.15, 0.2) is 17.0 Å². The minimum absolute atomic E-state index is 0.0738. The number of thioether (sulfide) groups is 1. The summed E-state index contributed by atoms with van der Waals surface area (Å²) in [7, 11) is 1.45. The van der Waals surface area contributed by atoms with Gasteiger partial charge in [0.25, 0.3) is 11.6 Å². The molecule has 0 bridgehead atoms. The zero-order chi connectivity index (χ0) is 16.8. The molecule has 0 radical (unpaired) electrons. The molecular formula is C15H21N3O4S. The van der Waals surface area contributed by atoms with Crippen LogP contribution in [0.2, 0.25) is 0 Å². The van der Waals surface area contributed by atoms with E-state index in [4.69, 9.17) is 4.74 Å². The number of methoxy groups -OCH3 is 1. The van der Waals surface area contributed by atoms with E-state index in [2.05, 4.69) is 10.6 Å². The van der Waals surface area contributed by atoms with Crippen LogP contribution in [0.4, 0.5) is 5.69 Å². The van der Waals surface area contributed by atoms with Crippen molar-refractivity contribution in [2.75, 3.05) is 33.0 Å². The molecule has 1 saturated heterocycles. The predicted molar refractivity (Wildman–Crippen MR) is 89.4 cm³/mol. The second-order valence-corrected chi connectivity index (χ2v) is 6.23. The number of benzene rings is 1. The number of hydrogen-bond acceptors (Lipinski definition) is 6. The largest absolute Gasteiger partial charge is 0.495 e. The Hall–Kier alpha value is -1.80. The summed E-state index contributed by atoms with van der Waals surface area (Å²) in [6, 6.07) is 2.83. The third kappa shape index (κ3) is 4.35. The minimum atomic E-state index is -0.553. The summed E-state index contributed by atoms with van der Waals surface area (Å²) in [5, 5.41) is 17.3. The highest BCUT2D eigenvalue weighted by molar-refractivity contribution is 7.98. The zero-order valence-corrected chi connectivity index (χ0v) is 14.1. The smallest absolute Gasteiger partial charge is 0.285 e. The molecule has 1 aromatic rings. The Kier molecular flexibility index (Phi) is 6.23. The second kappa shape index (κ2) is 8.16. The van der Waals surface area contributed by atoms with Crippen molar-refractivity contribution in [1.82, 2.24) is 10.6 Å². The van der Waals surface area contributed by atoms with E-state index in [0.29, 0.717) is 23.1 Å². The number of nitrogens with one attached hydrogen (secondary N) is 2. The van der Waals surface area contributed by atoms with Gasteiger partial charge in [-0.25, -0.2) is 0 Å². The first kappa shape index (κ1) is 17.6. The average molecular weight is 339 g/mol. The van der Waals surface area contributed by atoms with Gasteiger partial charge >= 0.3 is 0 Å². The third-order valence-electron chi connectivity index (χ3n) is 3.94. The van der Waals surface area contributed by atoms with E-state index in [-0.39, 0.29) is 11.3 Å². The molecule has 0 aromatic heterocycles. The maximum absolute atomic E-state index is 12.3. The summed E-state index contributed by atoms with van der Waals surface area (Å²) in [5.41, 5.74) is -0.163. The molecule has 0 spiro atoms. The summed E-state index contributed by atoms with van der Waals surface area (Å²) in [4.78, 5) is 23.7. The minimum Gasteiger partial charge on any atom is -0.495 e. The fraction of sp³-hybridized carbons (Fsp3) is 0.533. The van der Waals surface area contributed by atoms with E-state index in [1.165, 1.54) is 31.0 Å². The molecule has 0 saturated carbocycles. The van der Waals surface area contributed by atoms with E-state index < -0.39 is 10.8 Å². The van der Waals surface area contributed by atoms with E-state index in [0.717, 1.165) is 25.9 Å². The first-order chi connectivity index (χ1) is 11.1. The maximum atomic E-state index is 12.3. The van der Waals surface area contributed by atoms with Crippen LogP contribution in [0.25, 0.3) is 0 Å². The van der Waals surface area contributed by atoms with Gasteiger partial charge in [-0.2, -0.15) is 0 Å². The molecule has 1 aromatic carbocycles. The number of rotatable bonds is 7. The molecule has 1 aliphatic rings. The second-order valence-electron chi connectivity index (χ2n) is 5.38. The Labute approximate surface area is 139 Å². The van der Waals surface area contributed by atoms with E-state index >= 15 is 0 Å². The molecule has 126 valence electrons. The lowest BCUT2D eigenvalue weighted by atomic mass is 10.1. The van der Waals surface area contributed by atoms with Crippen LogP contribution in [0.1, 0.15) is 23.2 Å². The Bertz CT molecular complexity index is 588. The standard InChI is InChI=1S/C15H21N3O4S/c1-22-13-8-12(18(20)21)11(7-14(13)23-2)15(19)17-6-4-10-3-5-16-9-10/h7-8,10,16H,3-6,9H2,1-2H3,(H,17,19). The number of nitro groups is 1. The molecule has 0 aliphatic carbocycles. The van der Waals surface area contributed by atoms with Crippen LogP contribution >= 0.6 is 11.8 Å². The van der Waals surface area contributed by atoms with E-state index in [1.54, 1.807) is 0 Å². The number of carbonyl (C=O) groups is 1. The van der Waals surface area contributed by atoms with Gasteiger partial charge in [0.05, 0.1) is 23.0 Å². The van der Waals surface area contributed by atoms with Gasteiger partial charge in [0.1, 0.15) is 11.3 Å². The summed E-state index contributed by atoms with van der Waals surface area (Å²) < 4.78 is 5.15. The summed E-state index contributed by atoms with van der Waals surface area (Å²) in [5.74, 6) is 0.543. The molecule has 1 unspecified atom stereocenters. The quantitative estimate of drug-likeness (QED) is 0.449. The lowest BCUT2D eigenvalue weighted by molar-refractivity contribution is -0.385. The van der Waals surface area contributed by atoms with Gasteiger partial charge in [-0.3, -0.25) is 14.9 Å². The van der Waals surface area contributed by atoms with Crippen LogP contribution < -0.4 is 15.4 Å². The van der Waals surface area contributed by atoms with E-state index in [9.17, 15) is 14.9 Å². The van der Waals surface area contributed by atoms with Crippen LogP contribution in [0, 0.1) is 16.0 Å². The number of hydrogen-bond donors (Lipinski definition) is 2. The van der Waals surface area contributed by atoms with Crippen molar-refractivity contribution in [2.24, 2.45) is 5.92 Å². The molecule has 2 rings (SSSR count). The number of ether oxygens (including phenoxy) is 1. The van der Waals surface area contributed by atoms with Gasteiger partial charge in [-0.1, -0.05) is 0 Å². The third-order valence-corrected chi connectivity index (χ3v) is 4.70. The van der Waals surface area contributed by atoms with E-state index in [1.807, 2.05) is 6.26 Å². The normalized spacial score (nSPS) is 17.0. The number of nitro benzene ring substituents is 1. The van der Waals surface area contributed by atoms with Crippen molar-refractivity contribution < 1.29 is 14.5 Å². The van der Waals surface area contributed by atoms with Crippen LogP contribution in [-0.2, 0) is 0 Å². The summed E-state index contributed by atoms with van der Waals surface area (Å²) in [6.07, 6.45) is 3.81. The van der Waals surface area contributed by atoms with Crippen molar-refractivity contribution in [3.63, 3.8) is 0 Å². The fourth-order valence-corrected chi connectivity index (χ4v) is 3.23. The summed E-state index contributed by atoms with van der Waals surface area (Å²) in [6.45, 7) is 2.50. The van der Waals surface area contributed by atoms with Gasteiger partial charge < -0.3 is 15.4 Å². The van der Waals surface area contributed by atoms with Gasteiger partial charge in [0, 0.05) is 6.54 Å². The summed E-state index contributed by atoms with van der Waals surface area (Å²) >= 11 is 1.38. The van der Waals surface area contributed by atoms with Gasteiger partial charge in [0.15, 0.2) is 0 Å². The van der Waals surface area contributed by atoms with Crippen LogP contribution in [0.5, 0.6) is 5.75 Å². The van der Waals surface area contributed by atoms with Crippen molar-refractivity contribution >= 4 is 23.4 Å².